The van der Waals surface area contributed by atoms with Crippen LogP contribution in [0.1, 0.15) is 21.5 Å². The van der Waals surface area contributed by atoms with Crippen molar-refractivity contribution in [2.75, 3.05) is 7.11 Å². The molecule has 0 saturated carbocycles. The lowest BCUT2D eigenvalue weighted by atomic mass is 10.2. The third kappa shape index (κ3) is 6.13. The summed E-state index contributed by atoms with van der Waals surface area (Å²) in [6.45, 7) is 0. The van der Waals surface area contributed by atoms with Crippen LogP contribution in [0.5, 0.6) is 11.5 Å². The van der Waals surface area contributed by atoms with Crippen molar-refractivity contribution in [3.63, 3.8) is 0 Å². The average Bonchev–Trinajstić information content (AvgIpc) is 2.79. The molecule has 3 rings (SSSR count). The Bertz CT molecular complexity index is 1040. The van der Waals surface area contributed by atoms with Crippen molar-refractivity contribution in [3.05, 3.63) is 95.8 Å². The topological polar surface area (TPSA) is 89.9 Å². The van der Waals surface area contributed by atoms with Gasteiger partial charge in [-0.25, -0.2) is 10.2 Å². The van der Waals surface area contributed by atoms with Crippen molar-refractivity contribution >= 4 is 24.2 Å². The highest BCUT2D eigenvalue weighted by molar-refractivity contribution is 5.94. The number of carbonyl (C=O) groups is 2. The maximum atomic E-state index is 12.0. The molecule has 0 radical (unpaired) electrons. The number of amides is 1. The van der Waals surface area contributed by atoms with Crippen LogP contribution in [0.4, 0.5) is 0 Å². The molecule has 1 N–H and O–H groups in total. The number of carbonyl (C=O) groups excluding carboxylic acids is 2. The summed E-state index contributed by atoms with van der Waals surface area (Å²) in [5, 5.41) is 3.91. The van der Waals surface area contributed by atoms with Crippen LogP contribution in [-0.2, 0) is 4.79 Å². The van der Waals surface area contributed by atoms with Crippen molar-refractivity contribution < 1.29 is 19.1 Å². The molecule has 0 bridgehead atoms. The molecule has 0 unspecified atom stereocenters. The normalized spacial score (nSPS) is 10.8. The molecule has 0 fully saturated rings. The van der Waals surface area contributed by atoms with E-state index < -0.39 is 5.97 Å². The summed E-state index contributed by atoms with van der Waals surface area (Å²) in [5.74, 6) is 0.326. The van der Waals surface area contributed by atoms with Gasteiger partial charge in [-0.3, -0.25) is 9.78 Å². The fourth-order valence-corrected chi connectivity index (χ4v) is 2.38. The molecule has 1 amide bonds. The predicted octanol–water partition coefficient (Wildman–Crippen LogP) is 3.47. The number of hydrogen-bond donors (Lipinski definition) is 1. The summed E-state index contributed by atoms with van der Waals surface area (Å²) in [5.41, 5.74) is 4.49. The molecular formula is C23H19N3O4. The second kappa shape index (κ2) is 10.3. The Morgan fingerprint density at radius 3 is 2.20 bits per heavy atom. The van der Waals surface area contributed by atoms with Crippen LogP contribution in [0.25, 0.3) is 6.08 Å². The van der Waals surface area contributed by atoms with Gasteiger partial charge in [-0.15, -0.1) is 0 Å². The van der Waals surface area contributed by atoms with E-state index in [0.717, 1.165) is 16.9 Å². The molecule has 7 heteroatoms. The van der Waals surface area contributed by atoms with Gasteiger partial charge in [0.05, 0.1) is 13.3 Å². The van der Waals surface area contributed by atoms with E-state index in [4.69, 9.17) is 9.47 Å². The number of methoxy groups -OCH3 is 1. The van der Waals surface area contributed by atoms with Crippen LogP contribution in [0, 0.1) is 0 Å². The largest absolute Gasteiger partial charge is 0.497 e. The number of rotatable bonds is 7. The number of esters is 1. The Balaban J connectivity index is 1.50. The van der Waals surface area contributed by atoms with E-state index in [0.29, 0.717) is 11.3 Å². The molecule has 150 valence electrons. The maximum Gasteiger partial charge on any atom is 0.336 e. The third-order valence-corrected chi connectivity index (χ3v) is 3.95. The first-order chi connectivity index (χ1) is 14.6. The fraction of sp³-hybridized carbons (Fsp3) is 0.0435. The third-order valence-electron chi connectivity index (χ3n) is 3.95. The van der Waals surface area contributed by atoms with Crippen molar-refractivity contribution in [2.45, 2.75) is 0 Å². The zero-order valence-corrected chi connectivity index (χ0v) is 16.2. The summed E-state index contributed by atoms with van der Waals surface area (Å²) >= 11 is 0. The molecule has 0 saturated heterocycles. The van der Waals surface area contributed by atoms with E-state index in [1.165, 1.54) is 24.7 Å². The summed E-state index contributed by atoms with van der Waals surface area (Å²) in [6, 6.07) is 17.2. The lowest BCUT2D eigenvalue weighted by molar-refractivity contribution is -0.128. The highest BCUT2D eigenvalue weighted by Crippen LogP contribution is 2.14. The Morgan fingerprint density at radius 1 is 0.900 bits per heavy atom. The molecule has 0 spiro atoms. The van der Waals surface area contributed by atoms with Crippen molar-refractivity contribution in [1.82, 2.24) is 10.4 Å². The lowest BCUT2D eigenvalue weighted by Crippen LogP contribution is -2.17. The minimum atomic E-state index is -0.489. The van der Waals surface area contributed by atoms with Crippen LogP contribution >= 0.6 is 0 Å². The number of pyridine rings is 1. The highest BCUT2D eigenvalue weighted by atomic mass is 16.5. The Morgan fingerprint density at radius 2 is 1.53 bits per heavy atom. The van der Waals surface area contributed by atoms with Crippen molar-refractivity contribution in [1.29, 1.82) is 0 Å². The van der Waals surface area contributed by atoms with E-state index in [1.807, 2.05) is 24.3 Å². The molecule has 2 aromatic carbocycles. The molecule has 1 aromatic heterocycles. The predicted molar refractivity (Wildman–Crippen MR) is 113 cm³/mol. The van der Waals surface area contributed by atoms with E-state index in [9.17, 15) is 9.59 Å². The summed E-state index contributed by atoms with van der Waals surface area (Å²) < 4.78 is 10.4. The number of aromatic nitrogens is 1. The van der Waals surface area contributed by atoms with Gasteiger partial charge in [0, 0.05) is 24.0 Å². The van der Waals surface area contributed by atoms with Gasteiger partial charge in [-0.05, 0) is 65.7 Å². The second-order valence-electron chi connectivity index (χ2n) is 6.03. The molecule has 1 heterocycles. The maximum absolute atomic E-state index is 12.0. The molecule has 0 atom stereocenters. The molecule has 3 aromatic rings. The first-order valence-electron chi connectivity index (χ1n) is 9.01. The van der Waals surface area contributed by atoms with Crippen LogP contribution in [0.15, 0.2) is 84.2 Å². The van der Waals surface area contributed by atoms with Crippen molar-refractivity contribution in [2.24, 2.45) is 5.10 Å². The number of hydrazone groups is 1. The summed E-state index contributed by atoms with van der Waals surface area (Å²) in [6.07, 6.45) is 7.57. The van der Waals surface area contributed by atoms with Crippen molar-refractivity contribution in [3.8, 4) is 11.5 Å². The Kier molecular flexibility index (Phi) is 7.05. The highest BCUT2D eigenvalue weighted by Gasteiger charge is 2.03. The second-order valence-corrected chi connectivity index (χ2v) is 6.03. The average molecular weight is 401 g/mol. The minimum Gasteiger partial charge on any atom is -0.497 e. The van der Waals surface area contributed by atoms with Gasteiger partial charge >= 0.3 is 5.97 Å². The van der Waals surface area contributed by atoms with Gasteiger partial charge in [-0.1, -0.05) is 12.1 Å². The number of nitrogens with one attached hydrogen (secondary N) is 1. The van der Waals surface area contributed by atoms with Gasteiger partial charge < -0.3 is 9.47 Å². The molecule has 0 aliphatic carbocycles. The van der Waals surface area contributed by atoms with Crippen LogP contribution in [0.2, 0.25) is 0 Å². The van der Waals surface area contributed by atoms with Crippen LogP contribution < -0.4 is 14.9 Å². The molecule has 0 aliphatic rings. The molecule has 7 nitrogen and oxygen atoms in total. The SMILES string of the molecule is COc1ccc(/C=C/C(=O)Oc2ccc(C=NNC(=O)c3ccncc3)cc2)cc1. The first-order valence-corrected chi connectivity index (χ1v) is 9.01. The Labute approximate surface area is 173 Å². The Hall–Kier alpha value is -4.26. The summed E-state index contributed by atoms with van der Waals surface area (Å²) in [4.78, 5) is 27.7. The van der Waals surface area contributed by atoms with Gasteiger partial charge in [0.15, 0.2) is 0 Å². The van der Waals surface area contributed by atoms with Gasteiger partial charge in [0.25, 0.3) is 5.91 Å². The van der Waals surface area contributed by atoms with Gasteiger partial charge in [0.1, 0.15) is 11.5 Å². The number of ether oxygens (including phenoxy) is 2. The first kappa shape index (κ1) is 20.5. The van der Waals surface area contributed by atoms with E-state index in [-0.39, 0.29) is 5.91 Å². The van der Waals surface area contributed by atoms with E-state index >= 15 is 0 Å². The molecule has 30 heavy (non-hydrogen) atoms. The van der Waals surface area contributed by atoms with E-state index in [1.54, 1.807) is 49.6 Å². The zero-order chi connectivity index (χ0) is 21.2. The number of benzene rings is 2. The van der Waals surface area contributed by atoms with Gasteiger partial charge in [-0.2, -0.15) is 5.10 Å². The molecule has 0 aliphatic heterocycles. The molecular weight excluding hydrogens is 382 g/mol. The summed E-state index contributed by atoms with van der Waals surface area (Å²) in [7, 11) is 1.60. The van der Waals surface area contributed by atoms with E-state index in [2.05, 4.69) is 15.5 Å². The minimum absolute atomic E-state index is 0.331. The lowest BCUT2D eigenvalue weighted by Gasteiger charge is -2.02. The smallest absolute Gasteiger partial charge is 0.336 e. The number of hydrogen-bond acceptors (Lipinski definition) is 6. The van der Waals surface area contributed by atoms with Crippen LogP contribution in [-0.4, -0.2) is 30.2 Å². The monoisotopic (exact) mass is 401 g/mol. The van der Waals surface area contributed by atoms with Gasteiger partial charge in [0.2, 0.25) is 0 Å². The number of nitrogens with zero attached hydrogens (tertiary/aromatic N) is 2. The standard InChI is InChI=1S/C23H19N3O4/c1-29-20-7-2-17(3-8-20)6-11-22(27)30-21-9-4-18(5-10-21)16-25-26-23(28)19-12-14-24-15-13-19/h2-16H,1H3,(H,26,28)/b11-6+,25-16?. The zero-order valence-electron chi connectivity index (χ0n) is 16.2. The van der Waals surface area contributed by atoms with Crippen LogP contribution in [0.3, 0.4) is 0 Å². The fourth-order valence-electron chi connectivity index (χ4n) is 2.38. The quantitative estimate of drug-likeness (QED) is 0.215.